The summed E-state index contributed by atoms with van der Waals surface area (Å²) in [6.07, 6.45) is 6.17. The Morgan fingerprint density at radius 1 is 1.00 bits per heavy atom. The average molecular weight is 437 g/mol. The molecule has 4 nitrogen and oxygen atoms in total. The molecule has 0 bridgehead atoms. The first-order valence-corrected chi connectivity index (χ1v) is 12.0. The SMILES string of the molecule is C=CCn1c(CSc2nc3ccccc3s2)nnc1SC/C=C/c1ccccc1. The van der Waals surface area contributed by atoms with E-state index in [0.717, 1.165) is 32.3 Å². The van der Waals surface area contributed by atoms with Gasteiger partial charge in [-0.1, -0.05) is 84.2 Å². The molecule has 4 aromatic rings. The maximum absolute atomic E-state index is 4.69. The van der Waals surface area contributed by atoms with E-state index in [1.807, 2.05) is 42.5 Å². The Bertz CT molecular complexity index is 1080. The van der Waals surface area contributed by atoms with Crippen molar-refractivity contribution in [3.8, 4) is 0 Å². The van der Waals surface area contributed by atoms with Crippen LogP contribution < -0.4 is 0 Å². The van der Waals surface area contributed by atoms with Crippen molar-refractivity contribution in [1.82, 2.24) is 19.7 Å². The second-order valence-electron chi connectivity index (χ2n) is 6.16. The largest absolute Gasteiger partial charge is 0.301 e. The number of benzene rings is 2. The molecule has 4 rings (SSSR count). The molecule has 2 aromatic carbocycles. The van der Waals surface area contributed by atoms with Gasteiger partial charge in [-0.2, -0.15) is 0 Å². The first-order chi connectivity index (χ1) is 14.3. The van der Waals surface area contributed by atoms with Gasteiger partial charge in [-0.05, 0) is 17.7 Å². The molecule has 29 heavy (non-hydrogen) atoms. The Kier molecular flexibility index (Phi) is 6.82. The number of hydrogen-bond acceptors (Lipinski definition) is 6. The van der Waals surface area contributed by atoms with Gasteiger partial charge in [-0.3, -0.25) is 0 Å². The Hall–Kier alpha value is -2.35. The Morgan fingerprint density at radius 2 is 1.83 bits per heavy atom. The van der Waals surface area contributed by atoms with Crippen LogP contribution in [0.25, 0.3) is 16.3 Å². The standard InChI is InChI=1S/C22H20N4S3/c1-2-14-26-20(16-28-22-23-18-12-6-7-13-19(18)29-22)24-25-21(26)27-15-8-11-17-9-4-3-5-10-17/h2-13H,1,14-16H2/b11-8+. The van der Waals surface area contributed by atoms with Gasteiger partial charge in [0.2, 0.25) is 0 Å². The lowest BCUT2D eigenvalue weighted by Gasteiger charge is -2.06. The highest BCUT2D eigenvalue weighted by atomic mass is 32.2. The number of thioether (sulfide) groups is 2. The molecule has 0 unspecified atom stereocenters. The Labute approximate surface area is 182 Å². The molecular weight excluding hydrogens is 416 g/mol. The molecular formula is C22H20N4S3. The summed E-state index contributed by atoms with van der Waals surface area (Å²) in [5.74, 6) is 2.53. The van der Waals surface area contributed by atoms with Crippen molar-refractivity contribution in [3.63, 3.8) is 0 Å². The molecule has 0 aliphatic carbocycles. The van der Waals surface area contributed by atoms with Crippen LogP contribution in [0.5, 0.6) is 0 Å². The average Bonchev–Trinajstić information content (AvgIpc) is 3.34. The van der Waals surface area contributed by atoms with Gasteiger partial charge in [0.15, 0.2) is 9.50 Å². The summed E-state index contributed by atoms with van der Waals surface area (Å²) in [6.45, 7) is 4.59. The molecule has 0 spiro atoms. The van der Waals surface area contributed by atoms with Gasteiger partial charge in [0.05, 0.1) is 16.0 Å². The topological polar surface area (TPSA) is 43.6 Å². The van der Waals surface area contributed by atoms with Gasteiger partial charge in [0, 0.05) is 12.3 Å². The van der Waals surface area contributed by atoms with Gasteiger partial charge >= 0.3 is 0 Å². The van der Waals surface area contributed by atoms with Crippen LogP contribution in [0.2, 0.25) is 0 Å². The summed E-state index contributed by atoms with van der Waals surface area (Å²) in [5.41, 5.74) is 2.25. The van der Waals surface area contributed by atoms with E-state index < -0.39 is 0 Å². The number of thiazole rings is 1. The maximum Gasteiger partial charge on any atom is 0.191 e. The predicted octanol–water partition coefficient (Wildman–Crippen LogP) is 6.17. The lowest BCUT2D eigenvalue weighted by molar-refractivity contribution is 0.701. The maximum atomic E-state index is 4.69. The number of nitrogens with zero attached hydrogens (tertiary/aromatic N) is 4. The molecule has 7 heteroatoms. The molecule has 2 aromatic heterocycles. The zero-order valence-corrected chi connectivity index (χ0v) is 18.2. The quantitative estimate of drug-likeness (QED) is 0.232. The predicted molar refractivity (Wildman–Crippen MR) is 126 cm³/mol. The zero-order valence-electron chi connectivity index (χ0n) is 15.8. The second kappa shape index (κ2) is 9.91. The smallest absolute Gasteiger partial charge is 0.191 e. The lowest BCUT2D eigenvalue weighted by atomic mass is 10.2. The normalized spacial score (nSPS) is 11.4. The second-order valence-corrected chi connectivity index (χ2v) is 9.40. The van der Waals surface area contributed by atoms with Crippen LogP contribution in [0, 0.1) is 0 Å². The van der Waals surface area contributed by atoms with Crippen molar-refractivity contribution < 1.29 is 0 Å². The number of fused-ring (bicyclic) bond motifs is 1. The minimum atomic E-state index is 0.702. The third kappa shape index (κ3) is 5.18. The van der Waals surface area contributed by atoms with Crippen molar-refractivity contribution in [2.45, 2.75) is 21.8 Å². The van der Waals surface area contributed by atoms with Crippen LogP contribution in [0.15, 0.2) is 82.8 Å². The highest BCUT2D eigenvalue weighted by Gasteiger charge is 2.13. The van der Waals surface area contributed by atoms with Crippen LogP contribution in [-0.4, -0.2) is 25.5 Å². The zero-order chi connectivity index (χ0) is 19.9. The highest BCUT2D eigenvalue weighted by Crippen LogP contribution is 2.31. The molecule has 0 saturated heterocycles. The fraction of sp³-hybridized carbons (Fsp3) is 0.136. The van der Waals surface area contributed by atoms with Crippen LogP contribution in [0.3, 0.4) is 0 Å². The number of allylic oxidation sites excluding steroid dienone is 1. The van der Waals surface area contributed by atoms with Crippen LogP contribution in [-0.2, 0) is 12.3 Å². The number of hydrogen-bond donors (Lipinski definition) is 0. The molecule has 0 fully saturated rings. The Balaban J connectivity index is 1.40. The van der Waals surface area contributed by atoms with Gasteiger partial charge in [0.1, 0.15) is 5.82 Å². The number of aromatic nitrogens is 4. The summed E-state index contributed by atoms with van der Waals surface area (Å²) >= 11 is 5.11. The minimum Gasteiger partial charge on any atom is -0.301 e. The number of para-hydroxylation sites is 1. The molecule has 0 radical (unpaired) electrons. The molecule has 146 valence electrons. The van der Waals surface area contributed by atoms with Crippen molar-refractivity contribution in [2.75, 3.05) is 5.75 Å². The van der Waals surface area contributed by atoms with Crippen molar-refractivity contribution in [1.29, 1.82) is 0 Å². The molecule has 2 heterocycles. The third-order valence-corrected chi connectivity index (χ3v) is 7.22. The highest BCUT2D eigenvalue weighted by molar-refractivity contribution is 8.00. The first-order valence-electron chi connectivity index (χ1n) is 9.19. The van der Waals surface area contributed by atoms with Gasteiger partial charge in [-0.15, -0.1) is 28.1 Å². The minimum absolute atomic E-state index is 0.702. The molecule has 0 saturated carbocycles. The van der Waals surface area contributed by atoms with E-state index in [-0.39, 0.29) is 0 Å². The van der Waals surface area contributed by atoms with E-state index in [0.29, 0.717) is 6.54 Å². The monoisotopic (exact) mass is 436 g/mol. The molecule has 0 N–H and O–H groups in total. The summed E-state index contributed by atoms with van der Waals surface area (Å²) in [6, 6.07) is 18.5. The van der Waals surface area contributed by atoms with Crippen molar-refractivity contribution in [2.24, 2.45) is 0 Å². The van der Waals surface area contributed by atoms with E-state index in [4.69, 9.17) is 0 Å². The number of rotatable bonds is 9. The van der Waals surface area contributed by atoms with E-state index in [9.17, 15) is 0 Å². The van der Waals surface area contributed by atoms with Crippen LogP contribution in [0.4, 0.5) is 0 Å². The van der Waals surface area contributed by atoms with E-state index in [1.165, 1.54) is 10.3 Å². The summed E-state index contributed by atoms with van der Waals surface area (Å²) in [4.78, 5) is 4.69. The lowest BCUT2D eigenvalue weighted by Crippen LogP contribution is -2.03. The summed E-state index contributed by atoms with van der Waals surface area (Å²) in [7, 11) is 0. The van der Waals surface area contributed by atoms with E-state index in [2.05, 4.69) is 56.7 Å². The molecule has 0 aliphatic rings. The summed E-state index contributed by atoms with van der Waals surface area (Å²) in [5, 5.41) is 9.73. The fourth-order valence-electron chi connectivity index (χ4n) is 2.76. The molecule has 0 amide bonds. The van der Waals surface area contributed by atoms with Crippen molar-refractivity contribution in [3.05, 3.63) is 84.7 Å². The van der Waals surface area contributed by atoms with Gasteiger partial charge < -0.3 is 4.57 Å². The molecule has 0 aliphatic heterocycles. The third-order valence-electron chi connectivity index (χ3n) is 4.12. The first kappa shape index (κ1) is 19.9. The van der Waals surface area contributed by atoms with Crippen LogP contribution in [0.1, 0.15) is 11.4 Å². The fourth-order valence-corrected chi connectivity index (χ4v) is 5.54. The van der Waals surface area contributed by atoms with E-state index in [1.54, 1.807) is 34.9 Å². The van der Waals surface area contributed by atoms with Gasteiger partial charge in [-0.25, -0.2) is 4.98 Å². The van der Waals surface area contributed by atoms with Gasteiger partial charge in [0.25, 0.3) is 0 Å². The molecule has 0 atom stereocenters. The Morgan fingerprint density at radius 3 is 2.66 bits per heavy atom. The van der Waals surface area contributed by atoms with Crippen molar-refractivity contribution >= 4 is 51.2 Å². The summed E-state index contributed by atoms with van der Waals surface area (Å²) < 4.78 is 4.40. The van der Waals surface area contributed by atoms with Crippen LogP contribution >= 0.6 is 34.9 Å². The van der Waals surface area contributed by atoms with E-state index >= 15 is 0 Å².